The normalized spacial score (nSPS) is 11.4. The maximum atomic E-state index is 12.1. The van der Waals surface area contributed by atoms with Crippen molar-refractivity contribution in [2.24, 2.45) is 0 Å². The van der Waals surface area contributed by atoms with Crippen molar-refractivity contribution in [1.29, 1.82) is 0 Å². The van der Waals surface area contributed by atoms with E-state index in [1.54, 1.807) is 24.3 Å². The van der Waals surface area contributed by atoms with E-state index >= 15 is 0 Å². The molecule has 0 saturated carbocycles. The smallest absolute Gasteiger partial charge is 0.240 e. The van der Waals surface area contributed by atoms with Gasteiger partial charge in [0.15, 0.2) is 0 Å². The van der Waals surface area contributed by atoms with Crippen LogP contribution in [-0.2, 0) is 10.0 Å². The van der Waals surface area contributed by atoms with Crippen LogP contribution in [0.5, 0.6) is 0 Å². The Hall–Kier alpha value is -1.85. The Morgan fingerprint density at radius 2 is 1.64 bits per heavy atom. The third-order valence-electron chi connectivity index (χ3n) is 3.49. The summed E-state index contributed by atoms with van der Waals surface area (Å²) >= 11 is 0. The van der Waals surface area contributed by atoms with E-state index in [0.717, 1.165) is 24.2 Å². The second-order valence-electron chi connectivity index (χ2n) is 5.32. The van der Waals surface area contributed by atoms with Crippen LogP contribution in [0.4, 0.5) is 5.69 Å². The van der Waals surface area contributed by atoms with Gasteiger partial charge in [-0.1, -0.05) is 35.9 Å². The molecule has 0 fully saturated rings. The molecule has 118 valence electrons. The molecule has 0 aliphatic rings. The predicted molar refractivity (Wildman–Crippen MR) is 90.7 cm³/mol. The quantitative estimate of drug-likeness (QED) is 0.799. The fourth-order valence-electron chi connectivity index (χ4n) is 2.14. The highest BCUT2D eigenvalue weighted by Crippen LogP contribution is 2.12. The van der Waals surface area contributed by atoms with Crippen LogP contribution in [0.2, 0.25) is 0 Å². The third kappa shape index (κ3) is 4.58. The molecule has 0 heterocycles. The highest BCUT2D eigenvalue weighted by molar-refractivity contribution is 7.89. The van der Waals surface area contributed by atoms with Gasteiger partial charge in [0.2, 0.25) is 10.0 Å². The van der Waals surface area contributed by atoms with Crippen molar-refractivity contribution < 1.29 is 8.42 Å². The van der Waals surface area contributed by atoms with Crippen molar-refractivity contribution in [3.63, 3.8) is 0 Å². The van der Waals surface area contributed by atoms with E-state index in [1.807, 2.05) is 44.3 Å². The second-order valence-corrected chi connectivity index (χ2v) is 7.09. The molecule has 0 saturated heterocycles. The topological polar surface area (TPSA) is 49.4 Å². The van der Waals surface area contributed by atoms with E-state index in [0.29, 0.717) is 11.4 Å². The molecule has 4 nitrogen and oxygen atoms in total. The maximum Gasteiger partial charge on any atom is 0.240 e. The van der Waals surface area contributed by atoms with Gasteiger partial charge in [-0.15, -0.1) is 0 Å². The van der Waals surface area contributed by atoms with Crippen molar-refractivity contribution in [3.05, 3.63) is 60.2 Å². The summed E-state index contributed by atoms with van der Waals surface area (Å²) in [5.74, 6) is 0. The molecule has 0 aromatic heterocycles. The Labute approximate surface area is 132 Å². The molecule has 1 N–H and O–H groups in total. The summed E-state index contributed by atoms with van der Waals surface area (Å²) in [4.78, 5) is 2.43. The van der Waals surface area contributed by atoms with Crippen molar-refractivity contribution in [2.45, 2.75) is 18.2 Å². The third-order valence-corrected chi connectivity index (χ3v) is 4.97. The fourth-order valence-corrected chi connectivity index (χ4v) is 3.21. The van der Waals surface area contributed by atoms with Crippen molar-refractivity contribution in [2.75, 3.05) is 25.0 Å². The highest BCUT2D eigenvalue weighted by atomic mass is 32.2. The SMILES string of the molecule is Cc1ccc(S(=O)(=O)NCCCN(C)c2ccccc2)cc1. The van der Waals surface area contributed by atoms with Crippen LogP contribution in [0, 0.1) is 6.92 Å². The molecule has 0 unspecified atom stereocenters. The lowest BCUT2D eigenvalue weighted by atomic mass is 10.2. The van der Waals surface area contributed by atoms with E-state index in [2.05, 4.69) is 9.62 Å². The van der Waals surface area contributed by atoms with E-state index in [4.69, 9.17) is 0 Å². The predicted octanol–water partition coefficient (Wildman–Crippen LogP) is 2.80. The number of aryl methyl sites for hydroxylation is 1. The first-order valence-corrected chi connectivity index (χ1v) is 8.80. The Kier molecular flexibility index (Phi) is 5.57. The molecule has 22 heavy (non-hydrogen) atoms. The molecule has 5 heteroatoms. The van der Waals surface area contributed by atoms with Gasteiger partial charge in [-0.25, -0.2) is 13.1 Å². The average Bonchev–Trinajstić information content (AvgIpc) is 2.52. The maximum absolute atomic E-state index is 12.1. The summed E-state index contributed by atoms with van der Waals surface area (Å²) < 4.78 is 26.9. The number of sulfonamides is 1. The van der Waals surface area contributed by atoms with Gasteiger partial charge in [-0.05, 0) is 37.6 Å². The van der Waals surface area contributed by atoms with Crippen LogP contribution in [-0.4, -0.2) is 28.6 Å². The van der Waals surface area contributed by atoms with Gasteiger partial charge in [0, 0.05) is 25.8 Å². The number of para-hydroxylation sites is 1. The molecule has 0 bridgehead atoms. The summed E-state index contributed by atoms with van der Waals surface area (Å²) in [6.07, 6.45) is 0.747. The fraction of sp³-hybridized carbons (Fsp3) is 0.294. The van der Waals surface area contributed by atoms with Gasteiger partial charge < -0.3 is 4.90 Å². The Balaban J connectivity index is 1.82. The van der Waals surface area contributed by atoms with Gasteiger partial charge in [0.25, 0.3) is 0 Å². The van der Waals surface area contributed by atoms with E-state index < -0.39 is 10.0 Å². The van der Waals surface area contributed by atoms with Crippen molar-refractivity contribution in [3.8, 4) is 0 Å². The van der Waals surface area contributed by atoms with Gasteiger partial charge in [-0.2, -0.15) is 0 Å². The Morgan fingerprint density at radius 3 is 2.27 bits per heavy atom. The molecule has 0 radical (unpaired) electrons. The summed E-state index contributed by atoms with van der Waals surface area (Å²) in [5.41, 5.74) is 2.17. The van der Waals surface area contributed by atoms with Gasteiger partial charge in [-0.3, -0.25) is 0 Å². The van der Waals surface area contributed by atoms with Gasteiger partial charge in [0.05, 0.1) is 4.90 Å². The molecule has 2 aromatic rings. The molecule has 0 atom stereocenters. The number of rotatable bonds is 7. The van der Waals surface area contributed by atoms with Crippen LogP contribution in [0.1, 0.15) is 12.0 Å². The Morgan fingerprint density at radius 1 is 1.00 bits per heavy atom. The molecular formula is C17H22N2O2S. The van der Waals surface area contributed by atoms with Crippen molar-refractivity contribution >= 4 is 15.7 Å². The monoisotopic (exact) mass is 318 g/mol. The first-order valence-electron chi connectivity index (χ1n) is 7.31. The largest absolute Gasteiger partial charge is 0.375 e. The minimum Gasteiger partial charge on any atom is -0.375 e. The molecule has 0 amide bonds. The Bertz CT molecular complexity index is 682. The lowest BCUT2D eigenvalue weighted by molar-refractivity contribution is 0.579. The lowest BCUT2D eigenvalue weighted by Gasteiger charge is -2.19. The van der Waals surface area contributed by atoms with Crippen LogP contribution < -0.4 is 9.62 Å². The number of nitrogens with one attached hydrogen (secondary N) is 1. The van der Waals surface area contributed by atoms with Gasteiger partial charge >= 0.3 is 0 Å². The standard InChI is InChI=1S/C17H22N2O2S/c1-15-9-11-17(12-10-15)22(20,21)18-13-6-14-19(2)16-7-4-3-5-8-16/h3-5,7-12,18H,6,13-14H2,1-2H3. The minimum atomic E-state index is -3.41. The highest BCUT2D eigenvalue weighted by Gasteiger charge is 2.12. The molecular weight excluding hydrogens is 296 g/mol. The van der Waals surface area contributed by atoms with Crippen LogP contribution >= 0.6 is 0 Å². The number of nitrogens with zero attached hydrogens (tertiary/aromatic N) is 1. The molecule has 2 aromatic carbocycles. The van der Waals surface area contributed by atoms with Crippen LogP contribution in [0.15, 0.2) is 59.5 Å². The lowest BCUT2D eigenvalue weighted by Crippen LogP contribution is -2.28. The summed E-state index contributed by atoms with van der Waals surface area (Å²) in [7, 11) is -1.40. The number of anilines is 1. The van der Waals surface area contributed by atoms with Crippen molar-refractivity contribution in [1.82, 2.24) is 4.72 Å². The molecule has 0 aliphatic heterocycles. The van der Waals surface area contributed by atoms with Crippen LogP contribution in [0.3, 0.4) is 0 Å². The molecule has 0 spiro atoms. The van der Waals surface area contributed by atoms with Gasteiger partial charge in [0.1, 0.15) is 0 Å². The zero-order valence-corrected chi connectivity index (χ0v) is 13.8. The zero-order valence-electron chi connectivity index (χ0n) is 13.0. The number of hydrogen-bond donors (Lipinski definition) is 1. The van der Waals surface area contributed by atoms with Crippen LogP contribution in [0.25, 0.3) is 0 Å². The number of hydrogen-bond acceptors (Lipinski definition) is 3. The molecule has 0 aliphatic carbocycles. The minimum absolute atomic E-state index is 0.314. The van der Waals surface area contributed by atoms with E-state index in [-0.39, 0.29) is 0 Å². The zero-order chi connectivity index (χ0) is 16.0. The first-order chi connectivity index (χ1) is 10.5. The number of benzene rings is 2. The average molecular weight is 318 g/mol. The van der Waals surface area contributed by atoms with E-state index in [9.17, 15) is 8.42 Å². The second kappa shape index (κ2) is 7.42. The summed E-state index contributed by atoms with van der Waals surface area (Å²) in [6, 6.07) is 16.9. The summed E-state index contributed by atoms with van der Waals surface area (Å²) in [5, 5.41) is 0. The first kappa shape index (κ1) is 16.5. The van der Waals surface area contributed by atoms with E-state index in [1.165, 1.54) is 0 Å². The molecule has 2 rings (SSSR count). The summed E-state index contributed by atoms with van der Waals surface area (Å²) in [6.45, 7) is 3.15.